The van der Waals surface area contributed by atoms with Gasteiger partial charge >= 0.3 is 0 Å². The van der Waals surface area contributed by atoms with Gasteiger partial charge in [0.1, 0.15) is 11.6 Å². The van der Waals surface area contributed by atoms with Crippen LogP contribution in [0.1, 0.15) is 45.2 Å². The number of nitrogens with one attached hydrogen (secondary N) is 1. The summed E-state index contributed by atoms with van der Waals surface area (Å²) in [4.78, 5) is 2.26. The van der Waals surface area contributed by atoms with Crippen LogP contribution in [0.15, 0.2) is 18.2 Å². The van der Waals surface area contributed by atoms with Crippen molar-refractivity contribution in [1.29, 1.82) is 0 Å². The summed E-state index contributed by atoms with van der Waals surface area (Å²) in [6.45, 7) is 9.75. The lowest BCUT2D eigenvalue weighted by Gasteiger charge is -2.24. The Kier molecular flexibility index (Phi) is 7.70. The number of halogens is 2. The topological polar surface area (TPSA) is 15.3 Å². The monoisotopic (exact) mass is 284 g/mol. The first-order chi connectivity index (χ1) is 9.63. The van der Waals surface area contributed by atoms with E-state index in [1.807, 2.05) is 6.92 Å². The lowest BCUT2D eigenvalue weighted by atomic mass is 10.0. The van der Waals surface area contributed by atoms with Crippen molar-refractivity contribution in [1.82, 2.24) is 10.2 Å². The van der Waals surface area contributed by atoms with Crippen LogP contribution in [0.5, 0.6) is 0 Å². The molecule has 0 amide bonds. The minimum atomic E-state index is -0.460. The molecular formula is C16H26F2N2. The predicted molar refractivity (Wildman–Crippen MR) is 79.8 cm³/mol. The molecule has 1 N–H and O–H groups in total. The summed E-state index contributed by atoms with van der Waals surface area (Å²) in [5.74, 6) is -0.920. The molecule has 0 aliphatic rings. The van der Waals surface area contributed by atoms with Gasteiger partial charge in [0, 0.05) is 11.6 Å². The minimum absolute atomic E-state index is 0.174. The maximum absolute atomic E-state index is 13.9. The zero-order valence-electron chi connectivity index (χ0n) is 12.8. The molecule has 0 radical (unpaired) electrons. The highest BCUT2D eigenvalue weighted by molar-refractivity contribution is 5.23. The number of benzene rings is 1. The van der Waals surface area contributed by atoms with Gasteiger partial charge in [-0.05, 0) is 51.2 Å². The van der Waals surface area contributed by atoms with E-state index in [1.54, 1.807) is 0 Å². The van der Waals surface area contributed by atoms with Crippen molar-refractivity contribution in [3.05, 3.63) is 35.4 Å². The Morgan fingerprint density at radius 1 is 1.10 bits per heavy atom. The molecule has 114 valence electrons. The fourth-order valence-electron chi connectivity index (χ4n) is 2.36. The van der Waals surface area contributed by atoms with Gasteiger partial charge in [-0.25, -0.2) is 8.78 Å². The van der Waals surface area contributed by atoms with E-state index in [4.69, 9.17) is 0 Å². The summed E-state index contributed by atoms with van der Waals surface area (Å²) in [5.41, 5.74) is 0.174. The first-order valence-electron chi connectivity index (χ1n) is 7.53. The van der Waals surface area contributed by atoms with E-state index in [2.05, 4.69) is 24.1 Å². The molecule has 1 rings (SSSR count). The van der Waals surface area contributed by atoms with Gasteiger partial charge < -0.3 is 10.2 Å². The fourth-order valence-corrected chi connectivity index (χ4v) is 2.36. The molecule has 0 fully saturated rings. The molecule has 0 aliphatic heterocycles. The van der Waals surface area contributed by atoms with Crippen LogP contribution in [-0.4, -0.2) is 31.1 Å². The second-order valence-electron chi connectivity index (χ2n) is 4.96. The van der Waals surface area contributed by atoms with Gasteiger partial charge in [0.25, 0.3) is 0 Å². The molecule has 0 aliphatic carbocycles. The minimum Gasteiger partial charge on any atom is -0.310 e. The Balaban J connectivity index is 2.83. The van der Waals surface area contributed by atoms with Crippen molar-refractivity contribution >= 4 is 0 Å². The van der Waals surface area contributed by atoms with Crippen LogP contribution in [0, 0.1) is 11.6 Å². The number of nitrogens with zero attached hydrogens (tertiary/aromatic N) is 1. The van der Waals surface area contributed by atoms with Gasteiger partial charge in [-0.15, -0.1) is 0 Å². The van der Waals surface area contributed by atoms with Crippen molar-refractivity contribution in [3.8, 4) is 0 Å². The summed E-state index contributed by atoms with van der Waals surface area (Å²) in [7, 11) is 0. The molecule has 0 aromatic heterocycles. The normalized spacial score (nSPS) is 12.9. The molecule has 0 saturated carbocycles. The van der Waals surface area contributed by atoms with Gasteiger partial charge in [0.05, 0.1) is 0 Å². The van der Waals surface area contributed by atoms with Crippen molar-refractivity contribution in [2.75, 3.05) is 26.2 Å². The lowest BCUT2D eigenvalue weighted by Crippen LogP contribution is -2.30. The maximum Gasteiger partial charge on any atom is 0.130 e. The molecule has 2 nitrogen and oxygen atoms in total. The van der Waals surface area contributed by atoms with Gasteiger partial charge in [-0.1, -0.05) is 26.8 Å². The van der Waals surface area contributed by atoms with Crippen LogP contribution in [0.2, 0.25) is 0 Å². The first-order valence-corrected chi connectivity index (χ1v) is 7.53. The highest BCUT2D eigenvalue weighted by Crippen LogP contribution is 2.23. The zero-order chi connectivity index (χ0) is 15.0. The summed E-state index contributed by atoms with van der Waals surface area (Å²) < 4.78 is 27.8. The molecule has 0 bridgehead atoms. The Hall–Kier alpha value is -1.00. The molecule has 1 atom stereocenters. The van der Waals surface area contributed by atoms with Crippen LogP contribution in [0.25, 0.3) is 0 Å². The van der Waals surface area contributed by atoms with E-state index < -0.39 is 11.6 Å². The van der Waals surface area contributed by atoms with E-state index >= 15 is 0 Å². The van der Waals surface area contributed by atoms with Gasteiger partial charge in [-0.2, -0.15) is 0 Å². The van der Waals surface area contributed by atoms with E-state index in [1.165, 1.54) is 18.2 Å². The van der Waals surface area contributed by atoms with Crippen molar-refractivity contribution in [2.45, 2.75) is 39.7 Å². The average Bonchev–Trinajstić information content (AvgIpc) is 2.44. The molecule has 1 aromatic carbocycles. The zero-order valence-corrected chi connectivity index (χ0v) is 12.8. The second kappa shape index (κ2) is 9.03. The Labute approximate surface area is 121 Å². The van der Waals surface area contributed by atoms with Gasteiger partial charge in [0.15, 0.2) is 0 Å². The second-order valence-corrected chi connectivity index (χ2v) is 4.96. The van der Waals surface area contributed by atoms with Crippen molar-refractivity contribution < 1.29 is 8.78 Å². The summed E-state index contributed by atoms with van der Waals surface area (Å²) in [6, 6.07) is 3.80. The third kappa shape index (κ3) is 4.84. The SMILES string of the molecule is CCCNC(CCN(CC)CC)c1c(F)cccc1F. The van der Waals surface area contributed by atoms with Crippen molar-refractivity contribution in [3.63, 3.8) is 0 Å². The van der Waals surface area contributed by atoms with Crippen LogP contribution >= 0.6 is 0 Å². The number of hydrogen-bond donors (Lipinski definition) is 1. The van der Waals surface area contributed by atoms with Crippen LogP contribution in [0.3, 0.4) is 0 Å². The molecule has 1 aromatic rings. The van der Waals surface area contributed by atoms with E-state index in [0.717, 1.165) is 32.6 Å². The molecule has 4 heteroatoms. The summed E-state index contributed by atoms with van der Waals surface area (Å²) >= 11 is 0. The largest absolute Gasteiger partial charge is 0.310 e. The third-order valence-electron chi connectivity index (χ3n) is 3.62. The van der Waals surface area contributed by atoms with E-state index in [-0.39, 0.29) is 11.6 Å². The highest BCUT2D eigenvalue weighted by Gasteiger charge is 2.19. The third-order valence-corrected chi connectivity index (χ3v) is 3.62. The Bertz CT molecular complexity index is 372. The van der Waals surface area contributed by atoms with Gasteiger partial charge in [0.2, 0.25) is 0 Å². The molecule has 20 heavy (non-hydrogen) atoms. The molecule has 0 saturated heterocycles. The predicted octanol–water partition coefficient (Wildman–Crippen LogP) is 3.74. The summed E-state index contributed by atoms with van der Waals surface area (Å²) in [6.07, 6.45) is 1.65. The number of rotatable bonds is 9. The lowest BCUT2D eigenvalue weighted by molar-refractivity contribution is 0.278. The van der Waals surface area contributed by atoms with E-state index in [9.17, 15) is 8.78 Å². The molecule has 0 spiro atoms. The van der Waals surface area contributed by atoms with Crippen LogP contribution in [0.4, 0.5) is 8.78 Å². The smallest absolute Gasteiger partial charge is 0.130 e. The Morgan fingerprint density at radius 2 is 1.70 bits per heavy atom. The molecule has 0 heterocycles. The van der Waals surface area contributed by atoms with Crippen LogP contribution in [-0.2, 0) is 0 Å². The molecular weight excluding hydrogens is 258 g/mol. The maximum atomic E-state index is 13.9. The number of hydrogen-bond acceptors (Lipinski definition) is 2. The fraction of sp³-hybridized carbons (Fsp3) is 0.625. The first kappa shape index (κ1) is 17.1. The van der Waals surface area contributed by atoms with E-state index in [0.29, 0.717) is 6.42 Å². The standard InChI is InChI=1S/C16H26F2N2/c1-4-11-19-15(10-12-20(5-2)6-3)16-13(17)8-7-9-14(16)18/h7-9,15,19H,4-6,10-12H2,1-3H3. The van der Waals surface area contributed by atoms with Crippen LogP contribution < -0.4 is 5.32 Å². The summed E-state index contributed by atoms with van der Waals surface area (Å²) in [5, 5.41) is 3.26. The van der Waals surface area contributed by atoms with Gasteiger partial charge in [-0.3, -0.25) is 0 Å². The Morgan fingerprint density at radius 3 is 2.20 bits per heavy atom. The highest BCUT2D eigenvalue weighted by atomic mass is 19.1. The van der Waals surface area contributed by atoms with Crippen molar-refractivity contribution in [2.24, 2.45) is 0 Å². The quantitative estimate of drug-likeness (QED) is 0.743. The average molecular weight is 284 g/mol. The molecule has 1 unspecified atom stereocenters.